The zero-order chi connectivity index (χ0) is 12.1. The van der Waals surface area contributed by atoms with Gasteiger partial charge in [-0.15, -0.1) is 0 Å². The van der Waals surface area contributed by atoms with E-state index in [2.05, 4.69) is 13.8 Å². The number of carbonyl (C=O) groups is 2. The molecule has 16 heavy (non-hydrogen) atoms. The van der Waals surface area contributed by atoms with Gasteiger partial charge in [0.05, 0.1) is 0 Å². The number of carboxylic acids is 1. The second kappa shape index (κ2) is 6.13. The van der Waals surface area contributed by atoms with Crippen molar-refractivity contribution in [1.29, 1.82) is 0 Å². The molecule has 0 saturated carbocycles. The maximum atomic E-state index is 11.9. The molecule has 1 fully saturated rings. The van der Waals surface area contributed by atoms with Crippen LogP contribution in [0.3, 0.4) is 0 Å². The van der Waals surface area contributed by atoms with E-state index < -0.39 is 12.0 Å². The van der Waals surface area contributed by atoms with Gasteiger partial charge in [-0.3, -0.25) is 4.79 Å². The molecule has 92 valence electrons. The average Bonchev–Trinajstić information content (AvgIpc) is 2.25. The smallest absolute Gasteiger partial charge is 0.327 e. The van der Waals surface area contributed by atoms with E-state index in [1.54, 1.807) is 11.8 Å². The highest BCUT2D eigenvalue weighted by atomic mass is 32.2. The van der Waals surface area contributed by atoms with E-state index >= 15 is 0 Å². The second-order valence-corrected chi connectivity index (χ2v) is 5.60. The van der Waals surface area contributed by atoms with Gasteiger partial charge in [0.2, 0.25) is 5.91 Å². The standard InChI is InChI=1S/C11H19NO3S/c1-8(2)3-4-10(13)12-5-6-16-7-9(12)11(14)15/h8-9H,3-7H2,1-2H3,(H,14,15). The number of carboxylic acid groups (broad SMARTS) is 1. The minimum atomic E-state index is -0.884. The monoisotopic (exact) mass is 245 g/mol. The SMILES string of the molecule is CC(C)CCC(=O)N1CCSCC1C(=O)O. The molecule has 1 N–H and O–H groups in total. The van der Waals surface area contributed by atoms with Crippen LogP contribution in [0, 0.1) is 5.92 Å². The first-order chi connectivity index (χ1) is 7.52. The van der Waals surface area contributed by atoms with E-state index in [9.17, 15) is 9.59 Å². The molecule has 1 amide bonds. The van der Waals surface area contributed by atoms with Crippen LogP contribution < -0.4 is 0 Å². The van der Waals surface area contributed by atoms with E-state index in [4.69, 9.17) is 5.11 Å². The Morgan fingerprint density at radius 1 is 1.50 bits per heavy atom. The van der Waals surface area contributed by atoms with Gasteiger partial charge < -0.3 is 10.0 Å². The maximum absolute atomic E-state index is 11.9. The summed E-state index contributed by atoms with van der Waals surface area (Å²) in [5.74, 6) is 0.942. The number of aliphatic carboxylic acids is 1. The number of thioether (sulfide) groups is 1. The molecule has 5 heteroatoms. The summed E-state index contributed by atoms with van der Waals surface area (Å²) < 4.78 is 0. The number of nitrogens with zero attached hydrogens (tertiary/aromatic N) is 1. The van der Waals surface area contributed by atoms with E-state index in [0.29, 0.717) is 24.6 Å². The maximum Gasteiger partial charge on any atom is 0.327 e. The van der Waals surface area contributed by atoms with Crippen molar-refractivity contribution in [3.8, 4) is 0 Å². The molecule has 0 radical (unpaired) electrons. The molecule has 1 saturated heterocycles. The Bertz CT molecular complexity index is 268. The van der Waals surface area contributed by atoms with Crippen LogP contribution in [0.15, 0.2) is 0 Å². The third-order valence-corrected chi connectivity index (χ3v) is 3.69. The molecular formula is C11H19NO3S. The molecular weight excluding hydrogens is 226 g/mol. The molecule has 1 aliphatic heterocycles. The van der Waals surface area contributed by atoms with Crippen LogP contribution in [0.25, 0.3) is 0 Å². The van der Waals surface area contributed by atoms with Crippen molar-refractivity contribution in [2.75, 3.05) is 18.1 Å². The summed E-state index contributed by atoms with van der Waals surface area (Å²) in [5.41, 5.74) is 0. The second-order valence-electron chi connectivity index (χ2n) is 4.45. The normalized spacial score (nSPS) is 21.2. The van der Waals surface area contributed by atoms with Gasteiger partial charge in [0.15, 0.2) is 0 Å². The zero-order valence-corrected chi connectivity index (χ0v) is 10.6. The molecule has 0 aromatic rings. The third kappa shape index (κ3) is 3.70. The summed E-state index contributed by atoms with van der Waals surface area (Å²) in [6.07, 6.45) is 1.29. The minimum Gasteiger partial charge on any atom is -0.480 e. The summed E-state index contributed by atoms with van der Waals surface area (Å²) in [5, 5.41) is 9.03. The van der Waals surface area contributed by atoms with Crippen molar-refractivity contribution >= 4 is 23.6 Å². The van der Waals surface area contributed by atoms with Gasteiger partial charge in [-0.25, -0.2) is 4.79 Å². The fourth-order valence-corrected chi connectivity index (χ4v) is 2.70. The minimum absolute atomic E-state index is 0.0126. The molecule has 0 spiro atoms. The van der Waals surface area contributed by atoms with Crippen LogP contribution in [0.4, 0.5) is 0 Å². The number of rotatable bonds is 4. The van der Waals surface area contributed by atoms with Crippen LogP contribution >= 0.6 is 11.8 Å². The molecule has 0 aromatic carbocycles. The highest BCUT2D eigenvalue weighted by Crippen LogP contribution is 2.18. The Morgan fingerprint density at radius 3 is 2.75 bits per heavy atom. The highest BCUT2D eigenvalue weighted by molar-refractivity contribution is 7.99. The van der Waals surface area contributed by atoms with Crippen molar-refractivity contribution in [3.63, 3.8) is 0 Å². The van der Waals surface area contributed by atoms with Gasteiger partial charge in [0.1, 0.15) is 6.04 Å². The van der Waals surface area contributed by atoms with Crippen molar-refractivity contribution in [2.24, 2.45) is 5.92 Å². The van der Waals surface area contributed by atoms with Gasteiger partial charge in [-0.2, -0.15) is 11.8 Å². The van der Waals surface area contributed by atoms with E-state index in [-0.39, 0.29) is 5.91 Å². The predicted molar refractivity (Wildman–Crippen MR) is 64.5 cm³/mol. The van der Waals surface area contributed by atoms with Crippen LogP contribution in [0.5, 0.6) is 0 Å². The highest BCUT2D eigenvalue weighted by Gasteiger charge is 2.31. The Kier molecular flexibility index (Phi) is 5.12. The Morgan fingerprint density at radius 2 is 2.19 bits per heavy atom. The van der Waals surface area contributed by atoms with E-state index in [1.807, 2.05) is 0 Å². The molecule has 1 aliphatic rings. The zero-order valence-electron chi connectivity index (χ0n) is 9.81. The largest absolute Gasteiger partial charge is 0.480 e. The van der Waals surface area contributed by atoms with Crippen molar-refractivity contribution in [2.45, 2.75) is 32.7 Å². The van der Waals surface area contributed by atoms with Crippen LogP contribution in [0.1, 0.15) is 26.7 Å². The van der Waals surface area contributed by atoms with Gasteiger partial charge in [0, 0.05) is 24.5 Å². The summed E-state index contributed by atoms with van der Waals surface area (Å²) in [6, 6.07) is -0.626. The van der Waals surface area contributed by atoms with Gasteiger partial charge in [-0.1, -0.05) is 13.8 Å². The first kappa shape index (κ1) is 13.4. The lowest BCUT2D eigenvalue weighted by Crippen LogP contribution is -2.50. The average molecular weight is 245 g/mol. The molecule has 1 rings (SSSR count). The van der Waals surface area contributed by atoms with Gasteiger partial charge in [0.25, 0.3) is 0 Å². The van der Waals surface area contributed by atoms with Crippen LogP contribution in [-0.2, 0) is 9.59 Å². The summed E-state index contributed by atoms with van der Waals surface area (Å²) in [6.45, 7) is 4.70. The molecule has 4 nitrogen and oxygen atoms in total. The first-order valence-electron chi connectivity index (χ1n) is 5.62. The van der Waals surface area contributed by atoms with Crippen molar-refractivity contribution < 1.29 is 14.7 Å². The first-order valence-corrected chi connectivity index (χ1v) is 6.78. The lowest BCUT2D eigenvalue weighted by molar-refractivity contribution is -0.149. The fourth-order valence-electron chi connectivity index (χ4n) is 1.66. The number of amides is 1. The fraction of sp³-hybridized carbons (Fsp3) is 0.818. The Balaban J connectivity index is 2.54. The lowest BCUT2D eigenvalue weighted by Gasteiger charge is -2.32. The molecule has 0 bridgehead atoms. The van der Waals surface area contributed by atoms with Crippen molar-refractivity contribution in [3.05, 3.63) is 0 Å². The third-order valence-electron chi connectivity index (χ3n) is 2.67. The summed E-state index contributed by atoms with van der Waals surface area (Å²) >= 11 is 1.60. The summed E-state index contributed by atoms with van der Waals surface area (Å²) in [4.78, 5) is 24.4. The molecule has 1 heterocycles. The van der Waals surface area contributed by atoms with Gasteiger partial charge >= 0.3 is 5.97 Å². The Hall–Kier alpha value is -0.710. The molecule has 1 unspecified atom stereocenters. The van der Waals surface area contributed by atoms with E-state index in [1.165, 1.54) is 4.90 Å². The van der Waals surface area contributed by atoms with Crippen LogP contribution in [0.2, 0.25) is 0 Å². The molecule has 0 aromatic heterocycles. The quantitative estimate of drug-likeness (QED) is 0.814. The number of hydrogen-bond donors (Lipinski definition) is 1. The van der Waals surface area contributed by atoms with Gasteiger partial charge in [-0.05, 0) is 12.3 Å². The van der Waals surface area contributed by atoms with E-state index in [0.717, 1.165) is 12.2 Å². The summed E-state index contributed by atoms with van der Waals surface area (Å²) in [7, 11) is 0. The number of carbonyl (C=O) groups excluding carboxylic acids is 1. The molecule has 1 atom stereocenters. The number of hydrogen-bond acceptors (Lipinski definition) is 3. The Labute approximate surface area is 100 Å². The lowest BCUT2D eigenvalue weighted by atomic mass is 10.1. The van der Waals surface area contributed by atoms with Crippen LogP contribution in [-0.4, -0.2) is 46.0 Å². The topological polar surface area (TPSA) is 57.6 Å². The van der Waals surface area contributed by atoms with Crippen molar-refractivity contribution in [1.82, 2.24) is 4.90 Å². The molecule has 0 aliphatic carbocycles. The predicted octanol–water partition coefficient (Wildman–Crippen LogP) is 1.45.